The van der Waals surface area contributed by atoms with Gasteiger partial charge in [0.2, 0.25) is 0 Å². The summed E-state index contributed by atoms with van der Waals surface area (Å²) in [5.41, 5.74) is 5.31. The van der Waals surface area contributed by atoms with Crippen molar-refractivity contribution >= 4 is 40.0 Å². The van der Waals surface area contributed by atoms with Gasteiger partial charge >= 0.3 is 0 Å². The zero-order valence-electron chi connectivity index (χ0n) is 19.6. The smallest absolute Gasteiger partial charge is 0.154 e. The molecule has 0 amide bonds. The van der Waals surface area contributed by atoms with Crippen LogP contribution in [0.1, 0.15) is 5.56 Å². The number of likely N-dealkylation sites (N-methyl/N-ethyl adjacent to an activating group) is 1. The number of fused-ring (bicyclic) bond motifs is 1. The van der Waals surface area contributed by atoms with Crippen LogP contribution >= 0.6 is 11.6 Å². The molecule has 4 heterocycles. The number of piperazine rings is 1. The Kier molecular flexibility index (Phi) is 6.32. The molecule has 1 aliphatic heterocycles. The first kappa shape index (κ1) is 22.5. The molecule has 5 rings (SSSR count). The molecule has 1 aromatic carbocycles. The Morgan fingerprint density at radius 3 is 2.62 bits per heavy atom. The first-order valence-corrected chi connectivity index (χ1v) is 11.7. The quantitative estimate of drug-likeness (QED) is 0.435. The third-order valence-electron chi connectivity index (χ3n) is 6.22. The molecule has 1 saturated heterocycles. The van der Waals surface area contributed by atoms with E-state index in [1.54, 1.807) is 24.9 Å². The number of benzene rings is 1. The van der Waals surface area contributed by atoms with E-state index < -0.39 is 0 Å². The summed E-state index contributed by atoms with van der Waals surface area (Å²) in [6.07, 6.45) is 7.05. The summed E-state index contributed by atoms with van der Waals surface area (Å²) < 4.78 is 1.94. The van der Waals surface area contributed by atoms with Gasteiger partial charge in [-0.2, -0.15) is 0 Å². The van der Waals surface area contributed by atoms with E-state index in [1.165, 1.54) is 0 Å². The summed E-state index contributed by atoms with van der Waals surface area (Å²) in [5, 5.41) is 7.22. The number of anilines is 3. The van der Waals surface area contributed by atoms with Gasteiger partial charge in [-0.15, -0.1) is 0 Å². The van der Waals surface area contributed by atoms with Gasteiger partial charge in [0.1, 0.15) is 11.2 Å². The molecule has 3 aromatic heterocycles. The molecule has 2 N–H and O–H groups in total. The number of nitrogens with zero attached hydrogens (tertiary/aromatic N) is 7. The van der Waals surface area contributed by atoms with Gasteiger partial charge in [-0.25, -0.2) is 15.0 Å². The zero-order chi connectivity index (χ0) is 23.7. The number of hydrogen-bond acceptors (Lipinski definition) is 8. The van der Waals surface area contributed by atoms with E-state index in [0.717, 1.165) is 65.6 Å². The van der Waals surface area contributed by atoms with Crippen molar-refractivity contribution in [1.29, 1.82) is 0 Å². The fourth-order valence-corrected chi connectivity index (χ4v) is 4.43. The molecule has 0 spiro atoms. The van der Waals surface area contributed by atoms with E-state index in [0.29, 0.717) is 17.3 Å². The fourth-order valence-electron chi connectivity index (χ4n) is 4.19. The minimum absolute atomic E-state index is 0.622. The molecule has 176 valence electrons. The van der Waals surface area contributed by atoms with Crippen molar-refractivity contribution in [3.05, 3.63) is 53.7 Å². The van der Waals surface area contributed by atoms with Crippen molar-refractivity contribution in [2.45, 2.75) is 6.54 Å². The van der Waals surface area contributed by atoms with Crippen LogP contribution in [0.5, 0.6) is 0 Å². The van der Waals surface area contributed by atoms with Crippen molar-refractivity contribution in [2.75, 3.05) is 50.9 Å². The van der Waals surface area contributed by atoms with Crippen LogP contribution in [0.4, 0.5) is 17.3 Å². The van der Waals surface area contributed by atoms with Gasteiger partial charge in [-0.1, -0.05) is 17.7 Å². The number of rotatable bonds is 6. The highest BCUT2D eigenvalue weighted by atomic mass is 35.5. The molecule has 0 bridgehead atoms. The molecule has 0 radical (unpaired) electrons. The van der Waals surface area contributed by atoms with Crippen LogP contribution in [0, 0.1) is 0 Å². The van der Waals surface area contributed by atoms with Crippen LogP contribution in [0.25, 0.3) is 22.3 Å². The van der Waals surface area contributed by atoms with Crippen molar-refractivity contribution in [1.82, 2.24) is 34.3 Å². The predicted octanol–water partition coefficient (Wildman–Crippen LogP) is 3.61. The fraction of sp³-hybridized carbons (Fsp3) is 0.333. The van der Waals surface area contributed by atoms with Crippen LogP contribution in [-0.2, 0) is 13.6 Å². The molecule has 0 aliphatic carbocycles. The molecule has 0 saturated carbocycles. The second kappa shape index (κ2) is 9.54. The number of imidazole rings is 1. The molecular formula is C24H28ClN9. The van der Waals surface area contributed by atoms with E-state index in [2.05, 4.69) is 48.5 Å². The normalized spacial score (nSPS) is 15.1. The molecule has 34 heavy (non-hydrogen) atoms. The SMILES string of the molecule is CNc1nc(Nc2ccc(CN3CCN(C)CC3)c(Cl)c2)cnc1-c1cncc2c1ncn2C. The highest BCUT2D eigenvalue weighted by molar-refractivity contribution is 6.31. The van der Waals surface area contributed by atoms with Gasteiger partial charge in [0, 0.05) is 63.7 Å². The maximum atomic E-state index is 6.62. The Balaban J connectivity index is 1.35. The van der Waals surface area contributed by atoms with E-state index in [1.807, 2.05) is 30.8 Å². The number of hydrogen-bond donors (Lipinski definition) is 2. The lowest BCUT2D eigenvalue weighted by atomic mass is 10.1. The zero-order valence-corrected chi connectivity index (χ0v) is 20.3. The van der Waals surface area contributed by atoms with Gasteiger partial charge in [0.05, 0.1) is 29.8 Å². The van der Waals surface area contributed by atoms with Crippen LogP contribution in [0.3, 0.4) is 0 Å². The topological polar surface area (TPSA) is 87.0 Å². The number of pyridine rings is 1. The van der Waals surface area contributed by atoms with E-state index in [-0.39, 0.29) is 0 Å². The number of halogens is 1. The molecule has 1 fully saturated rings. The van der Waals surface area contributed by atoms with Crippen molar-refractivity contribution in [3.63, 3.8) is 0 Å². The van der Waals surface area contributed by atoms with Gasteiger partial charge in [0.15, 0.2) is 11.6 Å². The van der Waals surface area contributed by atoms with Crippen LogP contribution in [0.2, 0.25) is 5.02 Å². The third-order valence-corrected chi connectivity index (χ3v) is 6.57. The Hall–Kier alpha value is -3.27. The summed E-state index contributed by atoms with van der Waals surface area (Å²) in [7, 11) is 5.93. The van der Waals surface area contributed by atoms with Gasteiger partial charge < -0.3 is 20.1 Å². The summed E-state index contributed by atoms with van der Waals surface area (Å²) in [5.74, 6) is 1.26. The van der Waals surface area contributed by atoms with E-state index in [9.17, 15) is 0 Å². The lowest BCUT2D eigenvalue weighted by Crippen LogP contribution is -2.43. The summed E-state index contributed by atoms with van der Waals surface area (Å²) in [6.45, 7) is 5.15. The highest BCUT2D eigenvalue weighted by Gasteiger charge is 2.17. The van der Waals surface area contributed by atoms with Gasteiger partial charge in [-0.3, -0.25) is 9.88 Å². The summed E-state index contributed by atoms with van der Waals surface area (Å²) in [6, 6.07) is 6.06. The lowest BCUT2D eigenvalue weighted by molar-refractivity contribution is 0.148. The number of aromatic nitrogens is 5. The average molecular weight is 478 g/mol. The minimum atomic E-state index is 0.622. The highest BCUT2D eigenvalue weighted by Crippen LogP contribution is 2.31. The first-order valence-electron chi connectivity index (χ1n) is 11.3. The molecule has 0 atom stereocenters. The number of nitrogens with one attached hydrogen (secondary N) is 2. The lowest BCUT2D eigenvalue weighted by Gasteiger charge is -2.32. The molecule has 0 unspecified atom stereocenters. The van der Waals surface area contributed by atoms with Gasteiger partial charge in [-0.05, 0) is 24.7 Å². The maximum Gasteiger partial charge on any atom is 0.154 e. The molecule has 4 aromatic rings. The molecule has 10 heteroatoms. The Morgan fingerprint density at radius 2 is 1.85 bits per heavy atom. The summed E-state index contributed by atoms with van der Waals surface area (Å²) in [4.78, 5) is 23.1. The Morgan fingerprint density at radius 1 is 1.03 bits per heavy atom. The predicted molar refractivity (Wildman–Crippen MR) is 137 cm³/mol. The molecule has 1 aliphatic rings. The maximum absolute atomic E-state index is 6.62. The van der Waals surface area contributed by atoms with E-state index >= 15 is 0 Å². The molecule has 9 nitrogen and oxygen atoms in total. The van der Waals surface area contributed by atoms with Crippen molar-refractivity contribution in [3.8, 4) is 11.3 Å². The Bertz CT molecular complexity index is 1310. The first-order chi connectivity index (χ1) is 16.5. The molecular weight excluding hydrogens is 450 g/mol. The minimum Gasteiger partial charge on any atom is -0.371 e. The standard InChI is InChI=1S/C24H28ClN9/c1-26-24-23(18-11-27-12-20-22(18)29-15-33(20)3)28-13-21(31-24)30-17-5-4-16(19(25)10-17)14-34-8-6-32(2)7-9-34/h4-5,10-13,15H,6-9,14H2,1-3H3,(H2,26,30,31). The van der Waals surface area contributed by atoms with E-state index in [4.69, 9.17) is 16.6 Å². The second-order valence-corrected chi connectivity index (χ2v) is 9.03. The van der Waals surface area contributed by atoms with Crippen molar-refractivity contribution < 1.29 is 0 Å². The Labute approximate surface area is 203 Å². The largest absolute Gasteiger partial charge is 0.371 e. The van der Waals surface area contributed by atoms with Crippen LogP contribution in [0.15, 0.2) is 43.1 Å². The second-order valence-electron chi connectivity index (χ2n) is 8.62. The van der Waals surface area contributed by atoms with Gasteiger partial charge in [0.25, 0.3) is 0 Å². The van der Waals surface area contributed by atoms with Crippen molar-refractivity contribution in [2.24, 2.45) is 7.05 Å². The number of aryl methyl sites for hydroxylation is 1. The third kappa shape index (κ3) is 4.54. The average Bonchev–Trinajstić information content (AvgIpc) is 3.23. The van der Waals surface area contributed by atoms with Crippen LogP contribution in [-0.4, -0.2) is 74.6 Å². The summed E-state index contributed by atoms with van der Waals surface area (Å²) >= 11 is 6.62. The monoisotopic (exact) mass is 477 g/mol. The van der Waals surface area contributed by atoms with Crippen LogP contribution < -0.4 is 10.6 Å².